The Hall–Kier alpha value is -1.56. The lowest BCUT2D eigenvalue weighted by Gasteiger charge is -2.43. The third-order valence-corrected chi connectivity index (χ3v) is 7.36. The van der Waals surface area contributed by atoms with Gasteiger partial charge in [-0.25, -0.2) is 0 Å². The Morgan fingerprint density at radius 2 is 1.59 bits per heavy atom. The van der Waals surface area contributed by atoms with Crippen LogP contribution in [0.25, 0.3) is 0 Å². The molecule has 0 radical (unpaired) electrons. The van der Waals surface area contributed by atoms with Gasteiger partial charge in [0.2, 0.25) is 0 Å². The SMILES string of the molecule is Cc1cc(C)c(C2C(=O)[C@H]3[C@@H]4CC[C@@](C5OCC(C)(C)CO5)(O4)[C@H]3C2=O)c(C)c1. The topological polar surface area (TPSA) is 61.8 Å². The van der Waals surface area contributed by atoms with Gasteiger partial charge in [-0.05, 0) is 50.3 Å². The number of rotatable bonds is 2. The first kappa shape index (κ1) is 19.4. The minimum absolute atomic E-state index is 0.00529. The molecule has 0 aromatic heterocycles. The standard InChI is InChI=1S/C24H30O5/c1-12-8-13(2)16(14(3)9-12)18-20(25)17-15-6-7-24(29-15,19(17)21(18)26)22-27-10-23(4,5)11-28-22/h8-9,15,17-19,22H,6-7,10-11H2,1-5H3/t15-,17-,18?,19+,24+/m0/s1. The normalized spacial score (nSPS) is 38.7. The maximum Gasteiger partial charge on any atom is 0.187 e. The van der Waals surface area contributed by atoms with Gasteiger partial charge in [-0.15, -0.1) is 0 Å². The second-order valence-electron chi connectivity index (χ2n) is 10.3. The van der Waals surface area contributed by atoms with Gasteiger partial charge < -0.3 is 14.2 Å². The van der Waals surface area contributed by atoms with E-state index in [1.807, 2.05) is 20.8 Å². The molecule has 0 N–H and O–H groups in total. The molecule has 5 atom stereocenters. The highest BCUT2D eigenvalue weighted by atomic mass is 16.7. The van der Waals surface area contributed by atoms with Crippen LogP contribution in [-0.4, -0.2) is 42.8 Å². The van der Waals surface area contributed by atoms with Crippen molar-refractivity contribution in [1.29, 1.82) is 0 Å². The highest BCUT2D eigenvalue weighted by molar-refractivity contribution is 6.17. The molecule has 5 nitrogen and oxygen atoms in total. The van der Waals surface area contributed by atoms with Crippen LogP contribution in [0.3, 0.4) is 0 Å². The summed E-state index contributed by atoms with van der Waals surface area (Å²) in [7, 11) is 0. The lowest BCUT2D eigenvalue weighted by Crippen LogP contribution is -2.55. The van der Waals surface area contributed by atoms with Crippen molar-refractivity contribution in [3.8, 4) is 0 Å². The van der Waals surface area contributed by atoms with Crippen molar-refractivity contribution >= 4 is 11.6 Å². The van der Waals surface area contributed by atoms with E-state index in [0.29, 0.717) is 19.6 Å². The molecule has 3 aliphatic heterocycles. The van der Waals surface area contributed by atoms with E-state index in [0.717, 1.165) is 28.7 Å². The molecule has 0 spiro atoms. The van der Waals surface area contributed by atoms with E-state index < -0.39 is 23.7 Å². The van der Waals surface area contributed by atoms with E-state index in [-0.39, 0.29) is 29.0 Å². The number of aryl methyl sites for hydroxylation is 3. The molecule has 5 heteroatoms. The summed E-state index contributed by atoms with van der Waals surface area (Å²) < 4.78 is 18.5. The highest BCUT2D eigenvalue weighted by Gasteiger charge is 2.73. The van der Waals surface area contributed by atoms with Crippen molar-refractivity contribution in [2.24, 2.45) is 17.3 Å². The smallest absolute Gasteiger partial charge is 0.187 e. The molecule has 3 saturated heterocycles. The van der Waals surface area contributed by atoms with Crippen molar-refractivity contribution < 1.29 is 23.8 Å². The molecule has 3 heterocycles. The van der Waals surface area contributed by atoms with E-state index in [2.05, 4.69) is 26.0 Å². The van der Waals surface area contributed by atoms with Gasteiger partial charge in [0.25, 0.3) is 0 Å². The first-order valence-electron chi connectivity index (χ1n) is 10.7. The third-order valence-electron chi connectivity index (χ3n) is 7.36. The van der Waals surface area contributed by atoms with Gasteiger partial charge in [-0.2, -0.15) is 0 Å². The van der Waals surface area contributed by atoms with Crippen LogP contribution in [0.2, 0.25) is 0 Å². The lowest BCUT2D eigenvalue weighted by atomic mass is 9.72. The molecular weight excluding hydrogens is 368 g/mol. The molecule has 5 rings (SSSR count). The summed E-state index contributed by atoms with van der Waals surface area (Å²) in [5.74, 6) is -1.50. The van der Waals surface area contributed by atoms with Crippen LogP contribution < -0.4 is 0 Å². The summed E-state index contributed by atoms with van der Waals surface area (Å²) in [6.45, 7) is 11.4. The number of carbonyl (C=O) groups excluding carboxylic acids is 2. The fourth-order valence-electron chi connectivity index (χ4n) is 6.27. The lowest BCUT2D eigenvalue weighted by molar-refractivity contribution is -0.291. The van der Waals surface area contributed by atoms with Crippen LogP contribution in [0.1, 0.15) is 54.9 Å². The van der Waals surface area contributed by atoms with Gasteiger partial charge >= 0.3 is 0 Å². The Balaban J connectivity index is 1.52. The average molecular weight is 398 g/mol. The summed E-state index contributed by atoms with van der Waals surface area (Å²) >= 11 is 0. The molecule has 1 aromatic rings. The molecule has 2 bridgehead atoms. The van der Waals surface area contributed by atoms with Crippen molar-refractivity contribution in [2.75, 3.05) is 13.2 Å². The van der Waals surface area contributed by atoms with Gasteiger partial charge in [-0.1, -0.05) is 31.5 Å². The Morgan fingerprint density at radius 1 is 0.966 bits per heavy atom. The zero-order valence-corrected chi connectivity index (χ0v) is 17.9. The fraction of sp³-hybridized carbons (Fsp3) is 0.667. The van der Waals surface area contributed by atoms with E-state index in [4.69, 9.17) is 14.2 Å². The Labute approximate surface area is 172 Å². The fourth-order valence-corrected chi connectivity index (χ4v) is 6.27. The maximum atomic E-state index is 13.7. The van der Waals surface area contributed by atoms with Crippen molar-refractivity contribution in [3.63, 3.8) is 0 Å². The summed E-state index contributed by atoms with van der Waals surface area (Å²) in [5, 5.41) is 0. The number of ketones is 2. The monoisotopic (exact) mass is 398 g/mol. The minimum Gasteiger partial charge on any atom is -0.365 e. The minimum atomic E-state index is -0.820. The zero-order chi connectivity index (χ0) is 20.7. The molecular formula is C24H30O5. The first-order chi connectivity index (χ1) is 13.6. The van der Waals surface area contributed by atoms with E-state index >= 15 is 0 Å². The predicted octanol–water partition coefficient (Wildman–Crippen LogP) is 3.41. The first-order valence-corrected chi connectivity index (χ1v) is 10.7. The second kappa shape index (κ2) is 6.22. The van der Waals surface area contributed by atoms with E-state index in [1.165, 1.54) is 0 Å². The van der Waals surface area contributed by atoms with Crippen LogP contribution in [0.15, 0.2) is 12.1 Å². The Bertz CT molecular complexity index is 870. The summed E-state index contributed by atoms with van der Waals surface area (Å²) in [5.41, 5.74) is 3.19. The van der Waals surface area contributed by atoms with Crippen molar-refractivity contribution in [3.05, 3.63) is 34.4 Å². The van der Waals surface area contributed by atoms with Gasteiger partial charge in [-0.3, -0.25) is 9.59 Å². The average Bonchev–Trinajstić information content (AvgIpc) is 3.27. The number of Topliss-reactive ketones (excluding diaryl/α,β-unsaturated/α-hetero) is 2. The molecule has 0 amide bonds. The Morgan fingerprint density at radius 3 is 2.21 bits per heavy atom. The third kappa shape index (κ3) is 2.63. The maximum absolute atomic E-state index is 13.7. The molecule has 1 aromatic carbocycles. The molecule has 1 saturated carbocycles. The highest BCUT2D eigenvalue weighted by Crippen LogP contribution is 2.60. The van der Waals surface area contributed by atoms with E-state index in [9.17, 15) is 9.59 Å². The summed E-state index contributed by atoms with van der Waals surface area (Å²) in [4.78, 5) is 27.3. The molecule has 1 aliphatic carbocycles. The molecule has 156 valence electrons. The largest absolute Gasteiger partial charge is 0.365 e. The van der Waals surface area contributed by atoms with Gasteiger partial charge in [0.05, 0.1) is 31.2 Å². The van der Waals surface area contributed by atoms with Gasteiger partial charge in [0, 0.05) is 5.41 Å². The van der Waals surface area contributed by atoms with E-state index in [1.54, 1.807) is 0 Å². The van der Waals surface area contributed by atoms with Crippen LogP contribution in [0, 0.1) is 38.0 Å². The molecule has 1 unspecified atom stereocenters. The number of ether oxygens (including phenoxy) is 3. The quantitative estimate of drug-likeness (QED) is 0.715. The molecule has 29 heavy (non-hydrogen) atoms. The van der Waals surface area contributed by atoms with Crippen LogP contribution in [0.5, 0.6) is 0 Å². The zero-order valence-electron chi connectivity index (χ0n) is 17.9. The van der Waals surface area contributed by atoms with Gasteiger partial charge in [0.1, 0.15) is 11.5 Å². The van der Waals surface area contributed by atoms with Crippen LogP contribution in [-0.2, 0) is 23.8 Å². The number of hydrogen-bond acceptors (Lipinski definition) is 5. The molecule has 4 aliphatic rings. The second-order valence-corrected chi connectivity index (χ2v) is 10.3. The van der Waals surface area contributed by atoms with Gasteiger partial charge in [0.15, 0.2) is 17.9 Å². The van der Waals surface area contributed by atoms with Crippen molar-refractivity contribution in [2.45, 2.75) is 71.4 Å². The summed E-state index contributed by atoms with van der Waals surface area (Å²) in [6.07, 6.45) is 0.716. The predicted molar refractivity (Wildman–Crippen MR) is 107 cm³/mol. The molecule has 4 fully saturated rings. The number of carbonyl (C=O) groups is 2. The summed E-state index contributed by atoms with van der Waals surface area (Å²) in [6, 6.07) is 4.13. The Kier molecular flexibility index (Phi) is 4.16. The van der Waals surface area contributed by atoms with Crippen LogP contribution >= 0.6 is 0 Å². The number of hydrogen-bond donors (Lipinski definition) is 0. The van der Waals surface area contributed by atoms with Crippen molar-refractivity contribution in [1.82, 2.24) is 0 Å². The number of fused-ring (bicyclic) bond motifs is 5. The van der Waals surface area contributed by atoms with Crippen LogP contribution in [0.4, 0.5) is 0 Å². The number of benzene rings is 1.